The van der Waals surface area contributed by atoms with Crippen molar-refractivity contribution in [2.24, 2.45) is 17.0 Å². The molecule has 1 saturated carbocycles. The van der Waals surface area contributed by atoms with Gasteiger partial charge in [0.2, 0.25) is 6.86 Å². The van der Waals surface area contributed by atoms with Crippen molar-refractivity contribution in [1.29, 1.82) is 0 Å². The Hall–Kier alpha value is -2.42. The Balaban J connectivity index is 1.61. The summed E-state index contributed by atoms with van der Waals surface area (Å²) in [5.41, 5.74) is 2.79. The van der Waals surface area contributed by atoms with Crippen molar-refractivity contribution in [2.75, 3.05) is 46.3 Å². The van der Waals surface area contributed by atoms with Gasteiger partial charge in [-0.1, -0.05) is 47.5 Å². The highest BCUT2D eigenvalue weighted by Gasteiger charge is 2.24. The Kier molecular flexibility index (Phi) is 11.4. The van der Waals surface area contributed by atoms with Gasteiger partial charge in [0.25, 0.3) is 0 Å². The van der Waals surface area contributed by atoms with Gasteiger partial charge in [-0.3, -0.25) is 9.69 Å². The van der Waals surface area contributed by atoms with Crippen molar-refractivity contribution >= 4 is 23.6 Å². The van der Waals surface area contributed by atoms with Gasteiger partial charge in [-0.2, -0.15) is 0 Å². The summed E-state index contributed by atoms with van der Waals surface area (Å²) in [5, 5.41) is 15.2. The molecule has 2 atom stereocenters. The van der Waals surface area contributed by atoms with Gasteiger partial charge in [0.05, 0.1) is 29.5 Å². The van der Waals surface area contributed by atoms with E-state index >= 15 is 0 Å². The van der Waals surface area contributed by atoms with E-state index in [9.17, 15) is 14.3 Å². The summed E-state index contributed by atoms with van der Waals surface area (Å²) in [7, 11) is 0. The van der Waals surface area contributed by atoms with Crippen LogP contribution in [0, 0.1) is 18.8 Å². The lowest BCUT2D eigenvalue weighted by molar-refractivity contribution is 0.0209. The fraction of sp³-hybridized carbons (Fsp3) is 0.571. The van der Waals surface area contributed by atoms with Gasteiger partial charge in [-0.15, -0.1) is 0 Å². The molecule has 37 heavy (non-hydrogen) atoms. The number of phenolic OH excluding ortho intramolecular Hbond substituents is 1. The molecule has 7 nitrogen and oxygen atoms in total. The number of aldehydes is 1. The van der Waals surface area contributed by atoms with E-state index in [1.54, 1.807) is 6.92 Å². The predicted octanol–water partition coefficient (Wildman–Crippen LogP) is 5.66. The highest BCUT2D eigenvalue weighted by atomic mass is 35.5. The van der Waals surface area contributed by atoms with Crippen LogP contribution in [0.4, 0.5) is 4.39 Å². The molecule has 204 valence electrons. The maximum atomic E-state index is 13.0. The summed E-state index contributed by atoms with van der Waals surface area (Å²) in [5.74, 6) is 0.695. The fourth-order valence-electron chi connectivity index (χ4n) is 4.67. The van der Waals surface area contributed by atoms with Gasteiger partial charge in [0.15, 0.2) is 6.29 Å². The van der Waals surface area contributed by atoms with E-state index in [-0.39, 0.29) is 34.1 Å². The van der Waals surface area contributed by atoms with E-state index in [4.69, 9.17) is 25.9 Å². The van der Waals surface area contributed by atoms with Crippen LogP contribution in [-0.2, 0) is 16.0 Å². The van der Waals surface area contributed by atoms with E-state index in [1.807, 2.05) is 19.1 Å². The van der Waals surface area contributed by atoms with Crippen LogP contribution in [0.25, 0.3) is 0 Å². The highest BCUT2D eigenvalue weighted by molar-refractivity contribution is 6.33. The van der Waals surface area contributed by atoms with E-state index in [0.29, 0.717) is 30.3 Å². The molecule has 1 unspecified atom stereocenters. The maximum Gasteiger partial charge on any atom is 0.228 e. The van der Waals surface area contributed by atoms with Crippen LogP contribution in [0.15, 0.2) is 29.0 Å². The predicted molar refractivity (Wildman–Crippen MR) is 144 cm³/mol. The van der Waals surface area contributed by atoms with Crippen molar-refractivity contribution in [1.82, 2.24) is 4.90 Å². The third-order valence-corrected chi connectivity index (χ3v) is 7.64. The first-order valence-corrected chi connectivity index (χ1v) is 13.2. The summed E-state index contributed by atoms with van der Waals surface area (Å²) >= 11 is 6.30. The zero-order chi connectivity index (χ0) is 26.8. The van der Waals surface area contributed by atoms with Gasteiger partial charge in [-0.05, 0) is 56.9 Å². The van der Waals surface area contributed by atoms with E-state index in [1.165, 1.54) is 0 Å². The summed E-state index contributed by atoms with van der Waals surface area (Å²) < 4.78 is 23.4. The number of rotatable bonds is 11. The average molecular weight is 537 g/mol. The number of carbonyl (C=O) groups is 1. The van der Waals surface area contributed by atoms with Crippen LogP contribution >= 0.6 is 11.6 Å². The van der Waals surface area contributed by atoms with Gasteiger partial charge >= 0.3 is 0 Å². The lowest BCUT2D eigenvalue weighted by Gasteiger charge is -2.27. The summed E-state index contributed by atoms with van der Waals surface area (Å²) in [6.45, 7) is 9.58. The summed E-state index contributed by atoms with van der Waals surface area (Å²) in [4.78, 5) is 19.4. The van der Waals surface area contributed by atoms with Crippen molar-refractivity contribution in [3.05, 3.63) is 45.5 Å². The molecule has 1 aliphatic heterocycles. The molecule has 2 fully saturated rings. The van der Waals surface area contributed by atoms with Crippen LogP contribution in [-0.4, -0.2) is 68.3 Å². The van der Waals surface area contributed by atoms with Crippen molar-refractivity contribution in [3.8, 4) is 11.5 Å². The third kappa shape index (κ3) is 8.03. The first kappa shape index (κ1) is 29.1. The van der Waals surface area contributed by atoms with Crippen molar-refractivity contribution < 1.29 is 28.6 Å². The minimum atomic E-state index is -1.09. The number of phenols is 1. The van der Waals surface area contributed by atoms with Crippen LogP contribution < -0.4 is 4.74 Å². The molecular weight excluding hydrogens is 499 g/mol. The quantitative estimate of drug-likeness (QED) is 0.170. The largest absolute Gasteiger partial charge is 0.507 e. The molecule has 1 aromatic rings. The lowest BCUT2D eigenvalue weighted by Crippen LogP contribution is -2.38. The van der Waals surface area contributed by atoms with Crippen molar-refractivity contribution in [3.63, 3.8) is 0 Å². The third-order valence-electron chi connectivity index (χ3n) is 7.19. The number of oxime groups is 1. The van der Waals surface area contributed by atoms with E-state index in [2.05, 4.69) is 23.1 Å². The Labute approximate surface area is 223 Å². The van der Waals surface area contributed by atoms with E-state index in [0.717, 1.165) is 63.4 Å². The summed E-state index contributed by atoms with van der Waals surface area (Å²) in [6.07, 6.45) is 9.78. The Morgan fingerprint density at radius 2 is 2.11 bits per heavy atom. The van der Waals surface area contributed by atoms with E-state index < -0.39 is 6.86 Å². The molecule has 1 N–H and O–H groups in total. The number of ether oxygens (including phenoxy) is 2. The highest BCUT2D eigenvalue weighted by Crippen LogP contribution is 2.41. The van der Waals surface area contributed by atoms with Crippen molar-refractivity contribution in [2.45, 2.75) is 46.5 Å². The van der Waals surface area contributed by atoms with Gasteiger partial charge < -0.3 is 19.4 Å². The Bertz CT molecular complexity index is 1020. The topological polar surface area (TPSA) is 80.6 Å². The number of allylic oxidation sites excluding steroid dienone is 4. The molecule has 0 bridgehead atoms. The average Bonchev–Trinajstić information content (AvgIpc) is 2.90. The second-order valence-corrected chi connectivity index (χ2v) is 10.1. The molecule has 1 aromatic carbocycles. The fourth-order valence-corrected chi connectivity index (χ4v) is 4.94. The Morgan fingerprint density at radius 1 is 1.35 bits per heavy atom. The number of hydrogen-bond donors (Lipinski definition) is 1. The Morgan fingerprint density at radius 3 is 2.81 bits per heavy atom. The molecule has 0 spiro atoms. The molecule has 3 rings (SSSR count). The molecular formula is C28H38ClFN2O5. The molecule has 9 heteroatoms. The second-order valence-electron chi connectivity index (χ2n) is 9.72. The normalized spacial score (nSPS) is 22.5. The number of morpholine rings is 1. The number of nitrogens with zero attached hydrogens (tertiary/aromatic N) is 2. The summed E-state index contributed by atoms with van der Waals surface area (Å²) in [6, 6.07) is 0. The zero-order valence-electron chi connectivity index (χ0n) is 22.0. The smallest absolute Gasteiger partial charge is 0.228 e. The van der Waals surface area contributed by atoms with Crippen LogP contribution in [0.1, 0.15) is 54.6 Å². The monoisotopic (exact) mass is 536 g/mol. The number of benzene rings is 1. The SMILES string of the molecule is CC(/C=C/C1C/C(=N/OCCN2CCOCC2)CC[C@H]1C)=C\Cc1c(O)c(C=O)c(C)c(Cl)c1OCF. The van der Waals surface area contributed by atoms with Gasteiger partial charge in [0.1, 0.15) is 18.1 Å². The molecule has 0 aromatic heterocycles. The number of hydrogen-bond acceptors (Lipinski definition) is 7. The molecule has 0 amide bonds. The zero-order valence-corrected chi connectivity index (χ0v) is 22.7. The standard InChI is InChI=1S/C28H38ClFN2O5/c1-19(5-9-24-27(34)25(17-33)21(3)26(29)28(24)36-18-30)4-7-22-16-23(8-6-20(22)2)31-37-15-12-32-10-13-35-14-11-32/h4-5,7,17,20,22,34H,6,8-16,18H2,1-3H3/b7-4+,19-5+,31-23+/t20-,22?/m1/s1. The van der Waals surface area contributed by atoms with Crippen LogP contribution in [0.2, 0.25) is 5.02 Å². The van der Waals surface area contributed by atoms with Crippen LogP contribution in [0.3, 0.4) is 0 Å². The first-order valence-electron chi connectivity index (χ1n) is 12.9. The molecule has 0 radical (unpaired) electrons. The second kappa shape index (κ2) is 14.5. The minimum Gasteiger partial charge on any atom is -0.507 e. The molecule has 2 aliphatic rings. The molecule has 1 aliphatic carbocycles. The molecule has 1 heterocycles. The van der Waals surface area contributed by atoms with Crippen LogP contribution in [0.5, 0.6) is 11.5 Å². The number of carbonyl (C=O) groups excluding carboxylic acids is 1. The minimum absolute atomic E-state index is 0.0631. The lowest BCUT2D eigenvalue weighted by atomic mass is 9.79. The number of aromatic hydroxyl groups is 1. The molecule has 1 saturated heterocycles. The number of halogens is 2. The first-order chi connectivity index (χ1) is 17.8. The number of alkyl halides is 1. The van der Waals surface area contributed by atoms with Gasteiger partial charge in [-0.25, -0.2) is 4.39 Å². The van der Waals surface area contributed by atoms with Gasteiger partial charge in [0, 0.05) is 25.2 Å². The maximum absolute atomic E-state index is 13.0.